The number of aromatic nitrogens is 1. The molecule has 0 saturated carbocycles. The van der Waals surface area contributed by atoms with E-state index in [0.717, 1.165) is 43.2 Å². The quantitative estimate of drug-likeness (QED) is 0.847. The maximum atomic E-state index is 11.9. The minimum absolute atomic E-state index is 0.0820. The number of amides is 2. The first-order chi connectivity index (χ1) is 11.7. The standard InChI is InChI=1S/C18H24N4OS/c1-14-13-24-17(21-14)7-9-19-18(23)20-11-15-8-10-22(12-15)16-5-3-2-4-6-16/h2-6,13,15H,7-12H2,1H3,(H2,19,20,23)/t15-/m1/s1. The molecule has 2 aromatic rings. The molecule has 0 aliphatic carbocycles. The van der Waals surface area contributed by atoms with E-state index in [9.17, 15) is 4.79 Å². The van der Waals surface area contributed by atoms with Crippen LogP contribution in [0.4, 0.5) is 10.5 Å². The molecule has 3 rings (SSSR count). The van der Waals surface area contributed by atoms with E-state index in [-0.39, 0.29) is 6.03 Å². The van der Waals surface area contributed by atoms with E-state index in [1.165, 1.54) is 5.69 Å². The Bertz CT molecular complexity index is 658. The van der Waals surface area contributed by atoms with Crippen molar-refractivity contribution < 1.29 is 4.79 Å². The first-order valence-electron chi connectivity index (χ1n) is 8.43. The molecule has 1 aromatic carbocycles. The van der Waals surface area contributed by atoms with Crippen LogP contribution in [0.15, 0.2) is 35.7 Å². The third kappa shape index (κ3) is 4.71. The van der Waals surface area contributed by atoms with Gasteiger partial charge in [-0.2, -0.15) is 0 Å². The molecule has 1 aliphatic heterocycles. The summed E-state index contributed by atoms with van der Waals surface area (Å²) in [6.45, 7) is 5.40. The highest BCUT2D eigenvalue weighted by Crippen LogP contribution is 2.22. The third-order valence-electron chi connectivity index (χ3n) is 4.25. The van der Waals surface area contributed by atoms with Crippen LogP contribution in [-0.4, -0.2) is 37.2 Å². The first kappa shape index (κ1) is 16.8. The molecule has 2 N–H and O–H groups in total. The third-order valence-corrected chi connectivity index (χ3v) is 5.28. The molecule has 24 heavy (non-hydrogen) atoms. The number of anilines is 1. The SMILES string of the molecule is Cc1csc(CCNC(=O)NC[C@H]2CCN(c3ccccc3)C2)n1. The van der Waals surface area contributed by atoms with E-state index in [1.807, 2.05) is 18.4 Å². The van der Waals surface area contributed by atoms with Crippen molar-refractivity contribution >= 4 is 23.1 Å². The van der Waals surface area contributed by atoms with Gasteiger partial charge in [-0.3, -0.25) is 0 Å². The minimum atomic E-state index is -0.0820. The lowest BCUT2D eigenvalue weighted by atomic mass is 10.1. The summed E-state index contributed by atoms with van der Waals surface area (Å²) >= 11 is 1.64. The highest BCUT2D eigenvalue weighted by Gasteiger charge is 2.22. The fraction of sp³-hybridized carbons (Fsp3) is 0.444. The van der Waals surface area contributed by atoms with Crippen LogP contribution in [0.1, 0.15) is 17.1 Å². The van der Waals surface area contributed by atoms with Crippen LogP contribution in [-0.2, 0) is 6.42 Å². The van der Waals surface area contributed by atoms with E-state index in [2.05, 4.69) is 44.8 Å². The summed E-state index contributed by atoms with van der Waals surface area (Å²) < 4.78 is 0. The zero-order valence-electron chi connectivity index (χ0n) is 14.0. The topological polar surface area (TPSA) is 57.3 Å². The van der Waals surface area contributed by atoms with Crippen LogP contribution >= 0.6 is 11.3 Å². The molecule has 1 aliphatic rings. The summed E-state index contributed by atoms with van der Waals surface area (Å²) in [7, 11) is 0. The van der Waals surface area contributed by atoms with Gasteiger partial charge in [0.15, 0.2) is 0 Å². The molecule has 1 saturated heterocycles. The first-order valence-corrected chi connectivity index (χ1v) is 9.31. The Balaban J connectivity index is 1.33. The fourth-order valence-electron chi connectivity index (χ4n) is 2.97. The number of nitrogens with one attached hydrogen (secondary N) is 2. The number of nitrogens with zero attached hydrogens (tertiary/aromatic N) is 2. The van der Waals surface area contributed by atoms with Crippen LogP contribution in [0.2, 0.25) is 0 Å². The van der Waals surface area contributed by atoms with E-state index >= 15 is 0 Å². The molecule has 1 aromatic heterocycles. The van der Waals surface area contributed by atoms with Crippen molar-refractivity contribution in [2.45, 2.75) is 19.8 Å². The Labute approximate surface area is 147 Å². The van der Waals surface area contributed by atoms with Gasteiger partial charge in [0, 0.05) is 49.4 Å². The number of rotatable bonds is 6. The van der Waals surface area contributed by atoms with Gasteiger partial charge >= 0.3 is 6.03 Å². The number of hydrogen-bond donors (Lipinski definition) is 2. The Morgan fingerprint density at radius 2 is 2.17 bits per heavy atom. The molecular weight excluding hydrogens is 320 g/mol. The lowest BCUT2D eigenvalue weighted by Gasteiger charge is -2.18. The Morgan fingerprint density at radius 3 is 2.92 bits per heavy atom. The Kier molecular flexibility index (Phi) is 5.69. The van der Waals surface area contributed by atoms with Gasteiger partial charge in [0.25, 0.3) is 0 Å². The molecule has 5 nitrogen and oxygen atoms in total. The second-order valence-corrected chi connectivity index (χ2v) is 7.15. The lowest BCUT2D eigenvalue weighted by Crippen LogP contribution is -2.39. The molecule has 1 fully saturated rings. The van der Waals surface area contributed by atoms with Crippen molar-refractivity contribution in [3.8, 4) is 0 Å². The zero-order valence-corrected chi connectivity index (χ0v) is 14.8. The summed E-state index contributed by atoms with van der Waals surface area (Å²) in [6, 6.07) is 10.4. The number of hydrogen-bond acceptors (Lipinski definition) is 4. The highest BCUT2D eigenvalue weighted by molar-refractivity contribution is 7.09. The molecule has 0 bridgehead atoms. The second-order valence-electron chi connectivity index (χ2n) is 6.21. The van der Waals surface area contributed by atoms with E-state index in [0.29, 0.717) is 12.5 Å². The van der Waals surface area contributed by atoms with Crippen molar-refractivity contribution in [2.75, 3.05) is 31.1 Å². The van der Waals surface area contributed by atoms with E-state index in [1.54, 1.807) is 11.3 Å². The molecule has 0 unspecified atom stereocenters. The van der Waals surface area contributed by atoms with Crippen LogP contribution < -0.4 is 15.5 Å². The molecule has 2 heterocycles. The van der Waals surface area contributed by atoms with Gasteiger partial charge < -0.3 is 15.5 Å². The largest absolute Gasteiger partial charge is 0.371 e. The minimum Gasteiger partial charge on any atom is -0.371 e. The number of carbonyl (C=O) groups is 1. The summed E-state index contributed by atoms with van der Waals surface area (Å²) in [5.41, 5.74) is 2.31. The van der Waals surface area contributed by atoms with Gasteiger partial charge in [-0.15, -0.1) is 11.3 Å². The summed E-state index contributed by atoms with van der Waals surface area (Å²) in [5, 5.41) is 9.01. The van der Waals surface area contributed by atoms with Gasteiger partial charge in [0.1, 0.15) is 0 Å². The summed E-state index contributed by atoms with van der Waals surface area (Å²) in [5.74, 6) is 0.512. The van der Waals surface area contributed by atoms with Gasteiger partial charge in [0.05, 0.1) is 5.01 Å². The molecular formula is C18H24N4OS. The van der Waals surface area contributed by atoms with Gasteiger partial charge in [-0.05, 0) is 31.4 Å². The Hall–Kier alpha value is -2.08. The highest BCUT2D eigenvalue weighted by atomic mass is 32.1. The van der Waals surface area contributed by atoms with Gasteiger partial charge in [-0.1, -0.05) is 18.2 Å². The number of thiazole rings is 1. The van der Waals surface area contributed by atoms with Crippen LogP contribution in [0.3, 0.4) is 0 Å². The second kappa shape index (κ2) is 8.15. The molecule has 6 heteroatoms. The molecule has 2 amide bonds. The number of carbonyl (C=O) groups excluding carboxylic acids is 1. The fourth-order valence-corrected chi connectivity index (χ4v) is 3.75. The van der Waals surface area contributed by atoms with Gasteiger partial charge in [0.2, 0.25) is 0 Å². The average molecular weight is 344 g/mol. The van der Waals surface area contributed by atoms with Crippen molar-refractivity contribution in [2.24, 2.45) is 5.92 Å². The molecule has 0 radical (unpaired) electrons. The summed E-state index contributed by atoms with van der Waals surface area (Å²) in [4.78, 5) is 18.7. The van der Waals surface area contributed by atoms with Crippen LogP contribution in [0.5, 0.6) is 0 Å². The van der Waals surface area contributed by atoms with Crippen molar-refractivity contribution in [1.29, 1.82) is 0 Å². The van der Waals surface area contributed by atoms with Crippen LogP contribution in [0.25, 0.3) is 0 Å². The lowest BCUT2D eigenvalue weighted by molar-refractivity contribution is 0.239. The van der Waals surface area contributed by atoms with E-state index < -0.39 is 0 Å². The zero-order chi connectivity index (χ0) is 16.8. The predicted octanol–water partition coefficient (Wildman–Crippen LogP) is 2.82. The van der Waals surface area contributed by atoms with E-state index in [4.69, 9.17) is 0 Å². The number of aryl methyl sites for hydroxylation is 1. The van der Waals surface area contributed by atoms with Crippen molar-refractivity contribution in [1.82, 2.24) is 15.6 Å². The number of para-hydroxylation sites is 1. The Morgan fingerprint density at radius 1 is 1.33 bits per heavy atom. The summed E-state index contributed by atoms with van der Waals surface area (Å²) in [6.07, 6.45) is 1.91. The molecule has 128 valence electrons. The normalized spacial score (nSPS) is 17.0. The van der Waals surface area contributed by atoms with Crippen molar-refractivity contribution in [3.05, 3.63) is 46.4 Å². The predicted molar refractivity (Wildman–Crippen MR) is 98.7 cm³/mol. The number of benzene rings is 1. The smallest absolute Gasteiger partial charge is 0.314 e. The maximum Gasteiger partial charge on any atom is 0.314 e. The van der Waals surface area contributed by atoms with Gasteiger partial charge in [-0.25, -0.2) is 9.78 Å². The molecule has 1 atom stereocenters. The number of urea groups is 1. The van der Waals surface area contributed by atoms with Crippen LogP contribution in [0, 0.1) is 12.8 Å². The molecule has 0 spiro atoms. The van der Waals surface area contributed by atoms with Crippen molar-refractivity contribution in [3.63, 3.8) is 0 Å². The average Bonchev–Trinajstić information content (AvgIpc) is 3.23. The monoisotopic (exact) mass is 344 g/mol. The maximum absolute atomic E-state index is 11.9.